The molecule has 1 amide bonds. The van der Waals surface area contributed by atoms with Crippen LogP contribution in [-0.4, -0.2) is 28.0 Å². The third kappa shape index (κ3) is 3.03. The van der Waals surface area contributed by atoms with Crippen molar-refractivity contribution in [1.82, 2.24) is 15.0 Å². The molecule has 0 unspecified atom stereocenters. The quantitative estimate of drug-likeness (QED) is 0.694. The third-order valence-corrected chi connectivity index (χ3v) is 2.33. The lowest BCUT2D eigenvalue weighted by Crippen LogP contribution is -2.16. The first-order valence-electron chi connectivity index (χ1n) is 5.41. The zero-order valence-electron chi connectivity index (χ0n) is 9.77. The second kappa shape index (κ2) is 6.22. The van der Waals surface area contributed by atoms with E-state index >= 15 is 0 Å². The molecule has 0 saturated carbocycles. The van der Waals surface area contributed by atoms with Crippen LogP contribution in [0.5, 0.6) is 0 Å². The Bertz CT molecular complexity index is 349. The molecule has 0 aliphatic carbocycles. The number of unbranched alkanes of at least 4 members (excludes halogenated alkanes) is 2. The van der Waals surface area contributed by atoms with E-state index < -0.39 is 5.91 Å². The van der Waals surface area contributed by atoms with Crippen molar-refractivity contribution in [2.24, 2.45) is 5.73 Å². The molecule has 1 aromatic rings. The summed E-state index contributed by atoms with van der Waals surface area (Å²) in [5.74, 6) is -0.561. The zero-order valence-corrected chi connectivity index (χ0v) is 9.77. The summed E-state index contributed by atoms with van der Waals surface area (Å²) in [5.41, 5.74) is 6.07. The van der Waals surface area contributed by atoms with Gasteiger partial charge in [0.2, 0.25) is 0 Å². The number of primary amides is 1. The Balaban J connectivity index is 2.78. The summed E-state index contributed by atoms with van der Waals surface area (Å²) in [6, 6.07) is 0. The predicted molar refractivity (Wildman–Crippen MR) is 58.8 cm³/mol. The number of hydrogen-bond acceptors (Lipinski definition) is 4. The Kier molecular flexibility index (Phi) is 4.91. The molecular weight excluding hydrogens is 208 g/mol. The fourth-order valence-corrected chi connectivity index (χ4v) is 1.49. The molecule has 0 saturated heterocycles. The summed E-state index contributed by atoms with van der Waals surface area (Å²) in [7, 11) is 1.56. The average molecular weight is 226 g/mol. The first-order valence-corrected chi connectivity index (χ1v) is 5.41. The number of aryl methyl sites for hydroxylation is 1. The van der Waals surface area contributed by atoms with Crippen LogP contribution in [0.2, 0.25) is 0 Å². The lowest BCUT2D eigenvalue weighted by molar-refractivity contribution is 0.0989. The first kappa shape index (κ1) is 12.6. The molecular formula is C10H18N4O2. The largest absolute Gasteiger partial charge is 0.378 e. The van der Waals surface area contributed by atoms with Gasteiger partial charge in [0.15, 0.2) is 5.69 Å². The highest BCUT2D eigenvalue weighted by atomic mass is 16.5. The Morgan fingerprint density at radius 1 is 1.50 bits per heavy atom. The van der Waals surface area contributed by atoms with Crippen molar-refractivity contribution in [3.8, 4) is 0 Å². The van der Waals surface area contributed by atoms with Gasteiger partial charge in [0.1, 0.15) is 0 Å². The number of amides is 1. The molecule has 1 aromatic heterocycles. The number of carbonyl (C=O) groups excluding carboxylic acids is 1. The summed E-state index contributed by atoms with van der Waals surface area (Å²) >= 11 is 0. The number of hydrogen-bond donors (Lipinski definition) is 1. The molecule has 0 aliphatic rings. The number of rotatable bonds is 7. The van der Waals surface area contributed by atoms with Crippen molar-refractivity contribution in [3.63, 3.8) is 0 Å². The van der Waals surface area contributed by atoms with Gasteiger partial charge in [-0.2, -0.15) is 0 Å². The molecule has 0 atom stereocenters. The van der Waals surface area contributed by atoms with Crippen LogP contribution in [0.25, 0.3) is 0 Å². The third-order valence-electron chi connectivity index (χ3n) is 2.33. The maximum atomic E-state index is 11.1. The van der Waals surface area contributed by atoms with Gasteiger partial charge in [0.25, 0.3) is 5.91 Å². The van der Waals surface area contributed by atoms with Crippen LogP contribution in [0.4, 0.5) is 0 Å². The van der Waals surface area contributed by atoms with Crippen molar-refractivity contribution >= 4 is 5.91 Å². The van der Waals surface area contributed by atoms with Gasteiger partial charge in [0, 0.05) is 13.7 Å². The normalized spacial score (nSPS) is 10.6. The summed E-state index contributed by atoms with van der Waals surface area (Å²) in [6.07, 6.45) is 3.27. The summed E-state index contributed by atoms with van der Waals surface area (Å²) in [5, 5.41) is 7.69. The molecule has 90 valence electrons. The molecule has 16 heavy (non-hydrogen) atoms. The second-order valence-corrected chi connectivity index (χ2v) is 3.61. The molecule has 0 spiro atoms. The van der Waals surface area contributed by atoms with Crippen LogP contribution in [0.15, 0.2) is 0 Å². The molecule has 1 heterocycles. The topological polar surface area (TPSA) is 83.0 Å². The van der Waals surface area contributed by atoms with Crippen LogP contribution < -0.4 is 5.73 Å². The zero-order chi connectivity index (χ0) is 12.0. The van der Waals surface area contributed by atoms with E-state index in [4.69, 9.17) is 10.5 Å². The van der Waals surface area contributed by atoms with Crippen molar-refractivity contribution < 1.29 is 9.53 Å². The maximum Gasteiger partial charge on any atom is 0.271 e. The predicted octanol–water partition coefficient (Wildman–Crippen LogP) is 0.714. The van der Waals surface area contributed by atoms with Crippen molar-refractivity contribution in [1.29, 1.82) is 0 Å². The van der Waals surface area contributed by atoms with Crippen LogP contribution >= 0.6 is 0 Å². The Hall–Kier alpha value is -1.43. The van der Waals surface area contributed by atoms with Crippen molar-refractivity contribution in [3.05, 3.63) is 11.4 Å². The SMILES string of the molecule is CCCCCn1nnc(C(N)=O)c1COC. The van der Waals surface area contributed by atoms with Crippen molar-refractivity contribution in [2.75, 3.05) is 7.11 Å². The summed E-state index contributed by atoms with van der Waals surface area (Å²) in [6.45, 7) is 3.18. The van der Waals surface area contributed by atoms with Gasteiger partial charge < -0.3 is 10.5 Å². The lowest BCUT2D eigenvalue weighted by Gasteiger charge is -2.05. The van der Waals surface area contributed by atoms with E-state index in [0.29, 0.717) is 12.3 Å². The smallest absolute Gasteiger partial charge is 0.271 e. The molecule has 0 bridgehead atoms. The van der Waals surface area contributed by atoms with Gasteiger partial charge in [-0.25, -0.2) is 4.68 Å². The molecule has 6 nitrogen and oxygen atoms in total. The molecule has 0 fully saturated rings. The van der Waals surface area contributed by atoms with Gasteiger partial charge in [-0.15, -0.1) is 5.10 Å². The summed E-state index contributed by atoms with van der Waals surface area (Å²) in [4.78, 5) is 11.1. The Labute approximate surface area is 94.8 Å². The van der Waals surface area contributed by atoms with Gasteiger partial charge in [-0.3, -0.25) is 4.79 Å². The van der Waals surface area contributed by atoms with Crippen LogP contribution in [0, 0.1) is 0 Å². The number of nitrogens with zero attached hydrogens (tertiary/aromatic N) is 3. The van der Waals surface area contributed by atoms with Gasteiger partial charge in [-0.1, -0.05) is 25.0 Å². The standard InChI is InChI=1S/C10H18N4O2/c1-3-4-5-6-14-8(7-16-2)9(10(11)15)12-13-14/h3-7H2,1-2H3,(H2,11,15). The Morgan fingerprint density at radius 3 is 2.81 bits per heavy atom. The highest BCUT2D eigenvalue weighted by molar-refractivity contribution is 5.91. The average Bonchev–Trinajstić information content (AvgIpc) is 2.63. The van der Waals surface area contributed by atoms with Crippen molar-refractivity contribution in [2.45, 2.75) is 39.3 Å². The van der Waals surface area contributed by atoms with Crippen LogP contribution in [0.3, 0.4) is 0 Å². The highest BCUT2D eigenvalue weighted by Gasteiger charge is 2.16. The highest BCUT2D eigenvalue weighted by Crippen LogP contribution is 2.08. The number of nitrogens with two attached hydrogens (primary N) is 1. The van der Waals surface area contributed by atoms with Gasteiger partial charge in [0.05, 0.1) is 12.3 Å². The number of aromatic nitrogens is 3. The van der Waals surface area contributed by atoms with E-state index in [1.807, 2.05) is 0 Å². The molecule has 6 heteroatoms. The molecule has 0 radical (unpaired) electrons. The van der Waals surface area contributed by atoms with E-state index in [1.165, 1.54) is 0 Å². The number of ether oxygens (including phenoxy) is 1. The minimum Gasteiger partial charge on any atom is -0.378 e. The fraction of sp³-hybridized carbons (Fsp3) is 0.700. The Morgan fingerprint density at radius 2 is 2.25 bits per heavy atom. The summed E-state index contributed by atoms with van der Waals surface area (Å²) < 4.78 is 6.71. The van der Waals surface area contributed by atoms with Crippen LogP contribution in [0.1, 0.15) is 42.4 Å². The second-order valence-electron chi connectivity index (χ2n) is 3.61. The minimum absolute atomic E-state index is 0.207. The fourth-order valence-electron chi connectivity index (χ4n) is 1.49. The first-order chi connectivity index (χ1) is 7.70. The molecule has 1 rings (SSSR count). The molecule has 2 N–H and O–H groups in total. The van der Waals surface area contributed by atoms with Gasteiger partial charge in [-0.05, 0) is 6.42 Å². The maximum absolute atomic E-state index is 11.1. The molecule has 0 aromatic carbocycles. The van der Waals surface area contributed by atoms with E-state index in [1.54, 1.807) is 11.8 Å². The van der Waals surface area contributed by atoms with E-state index in [-0.39, 0.29) is 5.69 Å². The molecule has 0 aliphatic heterocycles. The minimum atomic E-state index is -0.561. The monoisotopic (exact) mass is 226 g/mol. The lowest BCUT2D eigenvalue weighted by atomic mass is 10.2. The van der Waals surface area contributed by atoms with Gasteiger partial charge >= 0.3 is 0 Å². The van der Waals surface area contributed by atoms with E-state index in [2.05, 4.69) is 17.2 Å². The van der Waals surface area contributed by atoms with E-state index in [0.717, 1.165) is 25.8 Å². The van der Waals surface area contributed by atoms with E-state index in [9.17, 15) is 4.79 Å². The number of carbonyl (C=O) groups is 1. The van der Waals surface area contributed by atoms with Crippen LogP contribution in [-0.2, 0) is 17.9 Å². The number of methoxy groups -OCH3 is 1.